The number of hydrogen-bond acceptors (Lipinski definition) is 6. The van der Waals surface area contributed by atoms with E-state index in [9.17, 15) is 9.59 Å². The number of aliphatic hydroxyl groups is 1. The van der Waals surface area contributed by atoms with Crippen molar-refractivity contribution in [1.82, 2.24) is 0 Å². The van der Waals surface area contributed by atoms with Gasteiger partial charge in [-0.15, -0.1) is 0 Å². The number of carboxylic acids is 1. The van der Waals surface area contributed by atoms with Crippen molar-refractivity contribution in [3.8, 4) is 0 Å². The molecule has 0 amide bonds. The Morgan fingerprint density at radius 1 is 1.18 bits per heavy atom. The van der Waals surface area contributed by atoms with E-state index in [1.165, 1.54) is 0 Å². The highest BCUT2D eigenvalue weighted by Crippen LogP contribution is 2.46. The summed E-state index contributed by atoms with van der Waals surface area (Å²) in [6.07, 6.45) is -2.59. The van der Waals surface area contributed by atoms with Gasteiger partial charge >= 0.3 is 19.4 Å². The van der Waals surface area contributed by atoms with Crippen LogP contribution in [0.1, 0.15) is 0 Å². The predicted molar refractivity (Wildman–Crippen MR) is 32.2 cm³/mol. The molecule has 5 N–H and O–H groups in total. The molecular weight excluding hydrogens is 179 g/mol. The van der Waals surface area contributed by atoms with E-state index >= 15 is 0 Å². The van der Waals surface area contributed by atoms with Gasteiger partial charge in [-0.1, -0.05) is 0 Å². The van der Waals surface area contributed by atoms with Crippen LogP contribution >= 0.6 is 7.94 Å². The number of rotatable bonds is 3. The van der Waals surface area contributed by atoms with Crippen LogP contribution in [0.2, 0.25) is 0 Å². The van der Waals surface area contributed by atoms with Gasteiger partial charge in [-0.05, 0) is 0 Å². The van der Waals surface area contributed by atoms with Crippen molar-refractivity contribution in [3.63, 3.8) is 0 Å². The van der Waals surface area contributed by atoms with Gasteiger partial charge in [0, 0.05) is 0 Å². The Bertz CT molecular complexity index is 181. The number of aliphatic hydroxyl groups excluding tert-OH is 1. The first-order valence-electron chi connectivity index (χ1n) is 2.29. The van der Waals surface area contributed by atoms with Gasteiger partial charge in [0.15, 0.2) is 0 Å². The highest BCUT2D eigenvalue weighted by atomic mass is 31.2. The molecule has 0 fully saturated rings. The zero-order valence-corrected chi connectivity index (χ0v) is 5.97. The quantitative estimate of drug-likeness (QED) is 0.246. The maximum absolute atomic E-state index is 10.3. The molecule has 0 rings (SSSR count). The minimum absolute atomic E-state index is 1.90. The molecule has 11 heavy (non-hydrogen) atoms. The van der Waals surface area contributed by atoms with Crippen LogP contribution in [0, 0.1) is 0 Å². The van der Waals surface area contributed by atoms with E-state index in [2.05, 4.69) is 0 Å². The molecule has 0 aromatic rings. The lowest BCUT2D eigenvalue weighted by molar-refractivity contribution is -0.150. The summed E-state index contributed by atoms with van der Waals surface area (Å²) >= 11 is 0. The fraction of sp³-hybridized carbons (Fsp3) is 0.333. The minimum Gasteiger partial charge on any atom is -0.479 e. The Morgan fingerprint density at radius 3 is 1.64 bits per heavy atom. The summed E-state index contributed by atoms with van der Waals surface area (Å²) in [5.74, 6) is -1.95. The molecule has 1 atom stereocenters. The minimum atomic E-state index is -4.89. The normalized spacial score (nSPS) is 14.2. The molecule has 0 aromatic heterocycles. The van der Waals surface area contributed by atoms with E-state index in [0.717, 1.165) is 0 Å². The molecule has 0 spiro atoms. The van der Waals surface area contributed by atoms with Crippen molar-refractivity contribution < 1.29 is 34.5 Å². The highest BCUT2D eigenvalue weighted by molar-refractivity contribution is 7.76. The van der Waals surface area contributed by atoms with E-state index < -0.39 is 25.5 Å². The van der Waals surface area contributed by atoms with Gasteiger partial charge in [-0.2, -0.15) is 14.7 Å². The maximum Gasteiger partial charge on any atom is 0.482 e. The van der Waals surface area contributed by atoms with Gasteiger partial charge in [-0.25, -0.2) is 9.59 Å². The van der Waals surface area contributed by atoms with Crippen LogP contribution in [-0.4, -0.2) is 42.5 Å². The third-order valence-corrected chi connectivity index (χ3v) is 1.60. The summed E-state index contributed by atoms with van der Waals surface area (Å²) in [6.45, 7) is 0. The summed E-state index contributed by atoms with van der Waals surface area (Å²) < 4.78 is 0. The van der Waals surface area contributed by atoms with E-state index in [1.807, 2.05) is 0 Å². The molecule has 0 saturated carbocycles. The van der Waals surface area contributed by atoms with Crippen molar-refractivity contribution in [3.05, 3.63) is 0 Å². The Labute approximate surface area is 61.1 Å². The molecular formula is C3H6O7P+. The lowest BCUT2D eigenvalue weighted by Crippen LogP contribution is -2.30. The first-order valence-corrected chi connectivity index (χ1v) is 3.94. The van der Waals surface area contributed by atoms with Crippen molar-refractivity contribution >= 4 is 19.4 Å². The molecule has 0 bridgehead atoms. The van der Waals surface area contributed by atoms with Gasteiger partial charge in [0.05, 0.1) is 0 Å². The fourth-order valence-corrected chi connectivity index (χ4v) is 0.708. The number of aliphatic carboxylic acids is 1. The summed E-state index contributed by atoms with van der Waals surface area (Å²) in [5, 5.41) is 16.3. The van der Waals surface area contributed by atoms with Crippen molar-refractivity contribution in [1.29, 1.82) is 0 Å². The molecule has 0 radical (unpaired) electrons. The van der Waals surface area contributed by atoms with Crippen molar-refractivity contribution in [2.75, 3.05) is 0 Å². The Hall–Kier alpha value is -0.590. The average molecular weight is 185 g/mol. The van der Waals surface area contributed by atoms with Crippen LogP contribution in [-0.2, 0) is 9.59 Å². The third kappa shape index (κ3) is 2.87. The summed E-state index contributed by atoms with van der Waals surface area (Å²) in [5.41, 5.74) is -1.90. The van der Waals surface area contributed by atoms with E-state index in [-0.39, 0.29) is 0 Å². The fourth-order valence-electron chi connectivity index (χ4n) is 0.270. The predicted octanol–water partition coefficient (Wildman–Crippen LogP) is -2.30. The third-order valence-electron chi connectivity index (χ3n) is 0.764. The molecule has 0 aliphatic rings. The number of carboxylic acid groups (broad SMARTS) is 1. The molecule has 1 unspecified atom stereocenters. The number of carbonyl (C=O) groups excluding carboxylic acids is 1. The number of hydrogen-bond donors (Lipinski definition) is 5. The second kappa shape index (κ2) is 3.21. The Morgan fingerprint density at radius 2 is 1.55 bits per heavy atom. The summed E-state index contributed by atoms with van der Waals surface area (Å²) in [4.78, 5) is 44.5. The standard InChI is InChI=1S/C3H5O7P/c4-1(2(5)6)3(7)11(8,9)10/h1,4,8-10H/p+1. The van der Waals surface area contributed by atoms with E-state index in [1.54, 1.807) is 0 Å². The molecule has 8 heteroatoms. The SMILES string of the molecule is O=C(O)C(O)C(=O)[P+](O)(O)O. The van der Waals surface area contributed by atoms with E-state index in [0.29, 0.717) is 0 Å². The van der Waals surface area contributed by atoms with Crippen LogP contribution in [0.5, 0.6) is 0 Å². The van der Waals surface area contributed by atoms with Crippen LogP contribution < -0.4 is 0 Å². The van der Waals surface area contributed by atoms with Crippen molar-refractivity contribution in [2.24, 2.45) is 0 Å². The largest absolute Gasteiger partial charge is 0.482 e. The molecule has 7 nitrogen and oxygen atoms in total. The van der Waals surface area contributed by atoms with E-state index in [4.69, 9.17) is 24.9 Å². The van der Waals surface area contributed by atoms with Gasteiger partial charge < -0.3 is 10.2 Å². The van der Waals surface area contributed by atoms with Crippen LogP contribution in [0.25, 0.3) is 0 Å². The zero-order valence-electron chi connectivity index (χ0n) is 5.08. The smallest absolute Gasteiger partial charge is 0.479 e. The van der Waals surface area contributed by atoms with Gasteiger partial charge in [-0.3, -0.25) is 0 Å². The summed E-state index contributed by atoms with van der Waals surface area (Å²) in [6, 6.07) is 0. The van der Waals surface area contributed by atoms with Crippen LogP contribution in [0.4, 0.5) is 0 Å². The highest BCUT2D eigenvalue weighted by Gasteiger charge is 2.50. The first-order chi connectivity index (χ1) is 4.76. The molecule has 0 aromatic carbocycles. The monoisotopic (exact) mass is 185 g/mol. The second-order valence-corrected chi connectivity index (χ2v) is 3.22. The molecule has 0 aliphatic heterocycles. The molecule has 64 valence electrons. The zero-order chi connectivity index (χ0) is 9.23. The second-order valence-electron chi connectivity index (χ2n) is 1.65. The lowest BCUT2D eigenvalue weighted by atomic mass is 10.4. The van der Waals surface area contributed by atoms with Crippen molar-refractivity contribution in [2.45, 2.75) is 6.10 Å². The van der Waals surface area contributed by atoms with Crippen LogP contribution in [0.15, 0.2) is 0 Å². The summed E-state index contributed by atoms with van der Waals surface area (Å²) in [7, 11) is -4.89. The molecule has 0 heterocycles. The number of carbonyl (C=O) groups is 2. The Balaban J connectivity index is 4.39. The lowest BCUT2D eigenvalue weighted by Gasteiger charge is -2.03. The van der Waals surface area contributed by atoms with Crippen LogP contribution in [0.3, 0.4) is 0 Å². The maximum atomic E-state index is 10.3. The molecule has 0 aliphatic carbocycles. The van der Waals surface area contributed by atoms with Gasteiger partial charge in [0.1, 0.15) is 0 Å². The van der Waals surface area contributed by atoms with Gasteiger partial charge in [0.25, 0.3) is 6.10 Å². The first kappa shape index (κ1) is 10.4. The Kier molecular flexibility index (Phi) is 3.03. The van der Waals surface area contributed by atoms with Gasteiger partial charge in [0.2, 0.25) is 0 Å². The molecule has 0 saturated heterocycles. The topological polar surface area (TPSA) is 135 Å². The average Bonchev–Trinajstić information content (AvgIpc) is 1.82.